The number of carbonyl (C=O) groups excluding carboxylic acids is 2. The van der Waals surface area contributed by atoms with Crippen LogP contribution in [0.2, 0.25) is 0 Å². The summed E-state index contributed by atoms with van der Waals surface area (Å²) in [5.74, 6) is -0.801. The van der Waals surface area contributed by atoms with Gasteiger partial charge in [-0.1, -0.05) is 40.2 Å². The number of carbonyl (C=O) groups is 2. The Hall–Kier alpha value is -3.33. The zero-order valence-electron chi connectivity index (χ0n) is 16.8. The van der Waals surface area contributed by atoms with Gasteiger partial charge in [0, 0.05) is 16.5 Å². The molecule has 0 bridgehead atoms. The quantitative estimate of drug-likeness (QED) is 0.521. The van der Waals surface area contributed by atoms with Gasteiger partial charge in [-0.15, -0.1) is 0 Å². The molecule has 3 rings (SSSR count). The number of nitrogens with one attached hydrogen (secondary N) is 1. The number of ether oxygens (including phenoxy) is 2. The molecule has 2 aromatic carbocycles. The number of hydrogen-bond acceptors (Lipinski definition) is 6. The maximum Gasteiger partial charge on any atom is 0.274 e. The number of amides is 1. The van der Waals surface area contributed by atoms with E-state index in [9.17, 15) is 14.0 Å². The fourth-order valence-electron chi connectivity index (χ4n) is 2.79. The van der Waals surface area contributed by atoms with Crippen molar-refractivity contribution in [2.24, 2.45) is 0 Å². The predicted octanol–water partition coefficient (Wildman–Crippen LogP) is 3.60. The minimum Gasteiger partial charge on any atom is -0.489 e. The van der Waals surface area contributed by atoms with Crippen LogP contribution in [0.15, 0.2) is 53.0 Å². The van der Waals surface area contributed by atoms with E-state index in [0.29, 0.717) is 11.1 Å². The van der Waals surface area contributed by atoms with Crippen molar-refractivity contribution >= 4 is 27.6 Å². The smallest absolute Gasteiger partial charge is 0.274 e. The van der Waals surface area contributed by atoms with Crippen LogP contribution in [0.1, 0.15) is 16.1 Å². The van der Waals surface area contributed by atoms with Crippen molar-refractivity contribution in [1.29, 1.82) is 0 Å². The first-order chi connectivity index (χ1) is 14.9. The van der Waals surface area contributed by atoms with Crippen LogP contribution in [0.25, 0.3) is 11.4 Å². The molecule has 1 aromatic heterocycles. The van der Waals surface area contributed by atoms with E-state index in [1.165, 1.54) is 38.5 Å². The Morgan fingerprint density at radius 3 is 2.29 bits per heavy atom. The van der Waals surface area contributed by atoms with Crippen molar-refractivity contribution in [3.05, 3.63) is 70.1 Å². The molecule has 0 radical (unpaired) electrons. The molecule has 3 aromatic rings. The van der Waals surface area contributed by atoms with E-state index < -0.39 is 5.91 Å². The Morgan fingerprint density at radius 2 is 1.68 bits per heavy atom. The van der Waals surface area contributed by atoms with Crippen molar-refractivity contribution in [3.8, 4) is 23.0 Å². The summed E-state index contributed by atoms with van der Waals surface area (Å²) >= 11 is 3.37. The van der Waals surface area contributed by atoms with Crippen molar-refractivity contribution in [2.75, 3.05) is 20.8 Å². The number of ketones is 1. The number of aromatic nitrogens is 2. The summed E-state index contributed by atoms with van der Waals surface area (Å²) in [7, 11) is 2.78. The largest absolute Gasteiger partial charge is 0.489 e. The fraction of sp³-hybridized carbons (Fsp3) is 0.182. The molecule has 31 heavy (non-hydrogen) atoms. The maximum absolute atomic E-state index is 13.0. The molecular weight excluding hydrogens is 469 g/mol. The Morgan fingerprint density at radius 1 is 1.00 bits per heavy atom. The highest BCUT2D eigenvalue weighted by Gasteiger charge is 2.23. The normalized spacial score (nSPS) is 10.5. The van der Waals surface area contributed by atoms with Gasteiger partial charge >= 0.3 is 0 Å². The van der Waals surface area contributed by atoms with Crippen LogP contribution >= 0.6 is 15.9 Å². The summed E-state index contributed by atoms with van der Waals surface area (Å²) in [6, 6.07) is 12.8. The zero-order chi connectivity index (χ0) is 22.4. The molecular formula is C22H19BrFN3O4. The number of rotatable bonds is 8. The monoisotopic (exact) mass is 487 g/mol. The molecule has 0 fully saturated rings. The lowest BCUT2D eigenvalue weighted by Crippen LogP contribution is -2.31. The first-order valence-corrected chi connectivity index (χ1v) is 10.0. The van der Waals surface area contributed by atoms with Gasteiger partial charge in [-0.3, -0.25) is 9.59 Å². The number of hydrogen-bond donors (Lipinski definition) is 1. The Kier molecular flexibility index (Phi) is 7.30. The molecule has 0 aliphatic carbocycles. The predicted molar refractivity (Wildman–Crippen MR) is 116 cm³/mol. The highest BCUT2D eigenvalue weighted by Crippen LogP contribution is 2.31. The van der Waals surface area contributed by atoms with E-state index in [1.807, 2.05) is 12.1 Å². The highest BCUT2D eigenvalue weighted by atomic mass is 79.9. The lowest BCUT2D eigenvalue weighted by atomic mass is 10.1. The molecule has 0 spiro atoms. The van der Waals surface area contributed by atoms with E-state index in [1.54, 1.807) is 12.1 Å². The maximum atomic E-state index is 13.0. The van der Waals surface area contributed by atoms with Crippen LogP contribution in [-0.4, -0.2) is 42.4 Å². The first kappa shape index (κ1) is 22.4. The van der Waals surface area contributed by atoms with Gasteiger partial charge in [0.25, 0.3) is 11.8 Å². The van der Waals surface area contributed by atoms with Crippen LogP contribution < -0.4 is 14.8 Å². The zero-order valence-corrected chi connectivity index (χ0v) is 18.4. The van der Waals surface area contributed by atoms with Gasteiger partial charge < -0.3 is 14.8 Å². The van der Waals surface area contributed by atoms with Crippen molar-refractivity contribution in [2.45, 2.75) is 6.42 Å². The van der Waals surface area contributed by atoms with Crippen LogP contribution in [0.3, 0.4) is 0 Å². The number of nitrogens with zero attached hydrogens (tertiary/aromatic N) is 2. The summed E-state index contributed by atoms with van der Waals surface area (Å²) in [6.45, 7) is -0.223. The van der Waals surface area contributed by atoms with Gasteiger partial charge in [-0.25, -0.2) is 9.37 Å². The molecule has 0 saturated heterocycles. The van der Waals surface area contributed by atoms with E-state index >= 15 is 0 Å². The van der Waals surface area contributed by atoms with Crippen LogP contribution in [0, 0.1) is 5.82 Å². The molecule has 0 saturated carbocycles. The number of methoxy groups -OCH3 is 2. The summed E-state index contributed by atoms with van der Waals surface area (Å²) < 4.78 is 24.4. The average molecular weight is 488 g/mol. The lowest BCUT2D eigenvalue weighted by molar-refractivity contribution is -0.117. The van der Waals surface area contributed by atoms with Gasteiger partial charge in [-0.2, -0.15) is 4.98 Å². The topological polar surface area (TPSA) is 90.4 Å². The number of halogens is 2. The van der Waals surface area contributed by atoms with Gasteiger partial charge in [0.1, 0.15) is 5.82 Å². The number of Topliss-reactive ketones (excluding diaryl/α,β-unsaturated/α-hetero) is 1. The van der Waals surface area contributed by atoms with E-state index in [-0.39, 0.29) is 47.7 Å². The van der Waals surface area contributed by atoms with Gasteiger partial charge in [0.2, 0.25) is 5.75 Å². The first-order valence-electron chi connectivity index (χ1n) is 9.21. The molecule has 0 aliphatic heterocycles. The van der Waals surface area contributed by atoms with Crippen LogP contribution in [-0.2, 0) is 11.2 Å². The third-order valence-corrected chi connectivity index (χ3v) is 4.84. The molecule has 160 valence electrons. The fourth-order valence-corrected chi connectivity index (χ4v) is 3.05. The molecule has 0 atom stereocenters. The third kappa shape index (κ3) is 5.64. The molecule has 1 heterocycles. The molecule has 0 unspecified atom stereocenters. The summed E-state index contributed by atoms with van der Waals surface area (Å²) in [6.07, 6.45) is 0.0644. The summed E-state index contributed by atoms with van der Waals surface area (Å²) in [4.78, 5) is 33.7. The van der Waals surface area contributed by atoms with E-state index in [4.69, 9.17) is 9.47 Å². The molecule has 9 heteroatoms. The average Bonchev–Trinajstić information content (AvgIpc) is 2.78. The van der Waals surface area contributed by atoms with Crippen LogP contribution in [0.5, 0.6) is 11.6 Å². The molecule has 1 amide bonds. The Bertz CT molecular complexity index is 1090. The second-order valence-electron chi connectivity index (χ2n) is 6.47. The minimum atomic E-state index is -0.608. The van der Waals surface area contributed by atoms with Gasteiger partial charge in [-0.05, 0) is 29.8 Å². The van der Waals surface area contributed by atoms with E-state index in [0.717, 1.165) is 4.47 Å². The second kappa shape index (κ2) is 10.1. The van der Waals surface area contributed by atoms with Gasteiger partial charge in [0.05, 0.1) is 20.8 Å². The molecule has 1 N–H and O–H groups in total. The van der Waals surface area contributed by atoms with Crippen molar-refractivity contribution < 1.29 is 23.5 Å². The standard InChI is InChI=1S/C22H19BrFN3O4/c1-30-19-18(21(29)25-12-17(28)11-13-3-9-16(24)10-4-13)26-20(27-22(19)31-2)14-5-7-15(23)8-6-14/h3-10H,11-12H2,1-2H3,(H,25,29). The Balaban J connectivity index is 1.79. The number of benzene rings is 2. The minimum absolute atomic E-state index is 0.0538. The van der Waals surface area contributed by atoms with Crippen molar-refractivity contribution in [1.82, 2.24) is 15.3 Å². The Labute approximate surface area is 186 Å². The molecule has 0 aliphatic rings. The van der Waals surface area contributed by atoms with E-state index in [2.05, 4.69) is 31.2 Å². The third-order valence-electron chi connectivity index (χ3n) is 4.31. The molecule has 7 nitrogen and oxygen atoms in total. The second-order valence-corrected chi connectivity index (χ2v) is 7.39. The lowest BCUT2D eigenvalue weighted by Gasteiger charge is -2.13. The van der Waals surface area contributed by atoms with Gasteiger partial charge in [0.15, 0.2) is 17.3 Å². The summed E-state index contributed by atoms with van der Waals surface area (Å²) in [5, 5.41) is 2.55. The van der Waals surface area contributed by atoms with Crippen molar-refractivity contribution in [3.63, 3.8) is 0 Å². The summed E-state index contributed by atoms with van der Waals surface area (Å²) in [5.41, 5.74) is 1.27. The highest BCUT2D eigenvalue weighted by molar-refractivity contribution is 9.10. The van der Waals surface area contributed by atoms with Crippen LogP contribution in [0.4, 0.5) is 4.39 Å². The SMILES string of the molecule is COc1nc(-c2ccc(Br)cc2)nc(C(=O)NCC(=O)Cc2ccc(F)cc2)c1OC.